The van der Waals surface area contributed by atoms with E-state index in [-0.39, 0.29) is 6.10 Å². The summed E-state index contributed by atoms with van der Waals surface area (Å²) < 4.78 is 9.16. The lowest BCUT2D eigenvalue weighted by molar-refractivity contribution is 0.0912. The highest BCUT2D eigenvalue weighted by molar-refractivity contribution is 7.98. The third kappa shape index (κ3) is 3.29. The SMILES string of the molecule is c1ccc(-n2nnnc2CSc2nnnn2C[C@@H]2CCCO2)cc1. The Kier molecular flexibility index (Phi) is 4.47. The van der Waals surface area contributed by atoms with E-state index in [0.29, 0.717) is 12.3 Å². The fraction of sp³-hybridized carbons (Fsp3) is 0.429. The Balaban J connectivity index is 1.45. The summed E-state index contributed by atoms with van der Waals surface area (Å²) in [5.41, 5.74) is 0.928. The van der Waals surface area contributed by atoms with Gasteiger partial charge in [-0.1, -0.05) is 30.0 Å². The second kappa shape index (κ2) is 7.05. The molecule has 124 valence electrons. The van der Waals surface area contributed by atoms with E-state index in [2.05, 4.69) is 31.1 Å². The van der Waals surface area contributed by atoms with Gasteiger partial charge in [0.2, 0.25) is 5.16 Å². The number of rotatable bonds is 6. The van der Waals surface area contributed by atoms with Gasteiger partial charge in [-0.05, 0) is 45.8 Å². The molecule has 3 aromatic rings. The first-order valence-corrected chi connectivity index (χ1v) is 8.72. The zero-order valence-electron chi connectivity index (χ0n) is 12.9. The number of nitrogens with zero attached hydrogens (tertiary/aromatic N) is 8. The number of tetrazole rings is 2. The molecule has 9 nitrogen and oxygen atoms in total. The Morgan fingerprint density at radius 3 is 2.83 bits per heavy atom. The minimum Gasteiger partial charge on any atom is -0.376 e. The molecule has 1 aromatic carbocycles. The average Bonchev–Trinajstić information content (AvgIpc) is 3.36. The minimum absolute atomic E-state index is 0.197. The number of aromatic nitrogens is 8. The monoisotopic (exact) mass is 344 g/mol. The van der Waals surface area contributed by atoms with Gasteiger partial charge in [-0.2, -0.15) is 4.68 Å². The molecule has 0 radical (unpaired) electrons. The Morgan fingerprint density at radius 1 is 1.12 bits per heavy atom. The van der Waals surface area contributed by atoms with Crippen molar-refractivity contribution >= 4 is 11.8 Å². The summed E-state index contributed by atoms with van der Waals surface area (Å²) in [7, 11) is 0. The smallest absolute Gasteiger partial charge is 0.209 e. The molecule has 1 aliphatic heterocycles. The van der Waals surface area contributed by atoms with Gasteiger partial charge < -0.3 is 4.74 Å². The van der Waals surface area contributed by atoms with Crippen molar-refractivity contribution in [2.24, 2.45) is 0 Å². The molecule has 1 saturated heterocycles. The first kappa shape index (κ1) is 15.2. The van der Waals surface area contributed by atoms with Crippen molar-refractivity contribution < 1.29 is 4.74 Å². The lowest BCUT2D eigenvalue weighted by Gasteiger charge is -2.09. The fourth-order valence-corrected chi connectivity index (χ4v) is 3.38. The minimum atomic E-state index is 0.197. The third-order valence-electron chi connectivity index (χ3n) is 3.76. The highest BCUT2D eigenvalue weighted by Crippen LogP contribution is 2.21. The Labute approximate surface area is 142 Å². The number of ether oxygens (including phenoxy) is 1. The highest BCUT2D eigenvalue weighted by Gasteiger charge is 2.19. The zero-order valence-corrected chi connectivity index (χ0v) is 13.7. The second-order valence-electron chi connectivity index (χ2n) is 5.41. The van der Waals surface area contributed by atoms with Crippen LogP contribution in [0.5, 0.6) is 0 Å². The molecular weight excluding hydrogens is 328 g/mol. The summed E-state index contributed by atoms with van der Waals surface area (Å²) in [6.45, 7) is 1.50. The van der Waals surface area contributed by atoms with E-state index in [1.54, 1.807) is 9.36 Å². The third-order valence-corrected chi connectivity index (χ3v) is 4.72. The summed E-state index contributed by atoms with van der Waals surface area (Å²) in [6, 6.07) is 9.80. The van der Waals surface area contributed by atoms with Crippen molar-refractivity contribution in [2.75, 3.05) is 6.61 Å². The summed E-state index contributed by atoms with van der Waals surface area (Å²) in [4.78, 5) is 0. The Morgan fingerprint density at radius 2 is 2.00 bits per heavy atom. The summed E-state index contributed by atoms with van der Waals surface area (Å²) in [5.74, 6) is 1.33. The molecule has 2 aromatic heterocycles. The second-order valence-corrected chi connectivity index (χ2v) is 6.35. The van der Waals surface area contributed by atoms with Crippen molar-refractivity contribution in [1.29, 1.82) is 0 Å². The van der Waals surface area contributed by atoms with Crippen LogP contribution in [0.25, 0.3) is 5.69 Å². The number of thioether (sulfide) groups is 1. The molecule has 0 aliphatic carbocycles. The van der Waals surface area contributed by atoms with Crippen molar-refractivity contribution in [3.05, 3.63) is 36.2 Å². The Hall–Kier alpha value is -2.33. The predicted octanol–water partition coefficient (Wildman–Crippen LogP) is 1.12. The molecule has 0 saturated carbocycles. The van der Waals surface area contributed by atoms with E-state index in [1.807, 2.05) is 30.3 Å². The molecule has 0 N–H and O–H groups in total. The summed E-state index contributed by atoms with van der Waals surface area (Å²) >= 11 is 1.51. The number of benzene rings is 1. The number of para-hydroxylation sites is 1. The maximum Gasteiger partial charge on any atom is 0.209 e. The molecule has 24 heavy (non-hydrogen) atoms. The first-order chi connectivity index (χ1) is 11.9. The van der Waals surface area contributed by atoms with Gasteiger partial charge in [0.05, 0.1) is 24.1 Å². The lowest BCUT2D eigenvalue weighted by atomic mass is 10.2. The van der Waals surface area contributed by atoms with Crippen LogP contribution in [0.15, 0.2) is 35.5 Å². The lowest BCUT2D eigenvalue weighted by Crippen LogP contribution is -2.17. The number of hydrogen-bond donors (Lipinski definition) is 0. The van der Waals surface area contributed by atoms with Crippen LogP contribution in [0.2, 0.25) is 0 Å². The van der Waals surface area contributed by atoms with Crippen LogP contribution < -0.4 is 0 Å². The van der Waals surface area contributed by atoms with Gasteiger partial charge >= 0.3 is 0 Å². The molecule has 3 heterocycles. The highest BCUT2D eigenvalue weighted by atomic mass is 32.2. The molecule has 0 spiro atoms. The van der Waals surface area contributed by atoms with Gasteiger partial charge in [-0.3, -0.25) is 0 Å². The van der Waals surface area contributed by atoms with E-state index in [0.717, 1.165) is 36.1 Å². The van der Waals surface area contributed by atoms with Crippen LogP contribution in [0.3, 0.4) is 0 Å². The van der Waals surface area contributed by atoms with Gasteiger partial charge in [0, 0.05) is 6.61 Å². The summed E-state index contributed by atoms with van der Waals surface area (Å²) in [6.07, 6.45) is 2.35. The van der Waals surface area contributed by atoms with Crippen molar-refractivity contribution in [1.82, 2.24) is 40.4 Å². The predicted molar refractivity (Wildman–Crippen MR) is 85.5 cm³/mol. The number of hydrogen-bond acceptors (Lipinski definition) is 8. The van der Waals surface area contributed by atoms with Crippen molar-refractivity contribution in [3.63, 3.8) is 0 Å². The van der Waals surface area contributed by atoms with E-state index < -0.39 is 0 Å². The van der Waals surface area contributed by atoms with Crippen molar-refractivity contribution in [2.45, 2.75) is 36.4 Å². The molecule has 10 heteroatoms. The van der Waals surface area contributed by atoms with Crippen LogP contribution in [0.1, 0.15) is 18.7 Å². The standard InChI is InChI=1S/C14H16N8OS/c1-2-5-11(6-3-1)22-13(15-17-20-22)10-24-14-16-18-19-21(14)9-12-7-4-8-23-12/h1-3,5-6,12H,4,7-10H2/t12-/m0/s1. The zero-order chi connectivity index (χ0) is 16.2. The fourth-order valence-electron chi connectivity index (χ4n) is 2.59. The van der Waals surface area contributed by atoms with E-state index >= 15 is 0 Å². The van der Waals surface area contributed by atoms with Crippen LogP contribution >= 0.6 is 11.8 Å². The maximum atomic E-state index is 5.65. The molecule has 1 fully saturated rings. The molecule has 0 amide bonds. The maximum absolute atomic E-state index is 5.65. The quantitative estimate of drug-likeness (QED) is 0.614. The molecule has 1 atom stereocenters. The average molecular weight is 344 g/mol. The van der Waals surface area contributed by atoms with Gasteiger partial charge in [0.25, 0.3) is 0 Å². The Bertz CT molecular complexity index is 783. The molecule has 4 rings (SSSR count). The van der Waals surface area contributed by atoms with Crippen LogP contribution in [0.4, 0.5) is 0 Å². The van der Waals surface area contributed by atoms with Gasteiger partial charge in [0.1, 0.15) is 0 Å². The van der Waals surface area contributed by atoms with E-state index in [4.69, 9.17) is 4.74 Å². The van der Waals surface area contributed by atoms with E-state index in [1.165, 1.54) is 11.8 Å². The van der Waals surface area contributed by atoms with Crippen LogP contribution in [0, 0.1) is 0 Å². The molecule has 1 aliphatic rings. The van der Waals surface area contributed by atoms with Gasteiger partial charge in [0.15, 0.2) is 5.82 Å². The summed E-state index contributed by atoms with van der Waals surface area (Å²) in [5, 5.41) is 24.6. The first-order valence-electron chi connectivity index (χ1n) is 7.73. The topological polar surface area (TPSA) is 96.4 Å². The molecule has 0 bridgehead atoms. The molecule has 0 unspecified atom stereocenters. The normalized spacial score (nSPS) is 17.4. The van der Waals surface area contributed by atoms with Crippen LogP contribution in [-0.2, 0) is 17.0 Å². The van der Waals surface area contributed by atoms with Gasteiger partial charge in [-0.15, -0.1) is 10.2 Å². The molecular formula is C14H16N8OS. The van der Waals surface area contributed by atoms with Crippen LogP contribution in [-0.4, -0.2) is 53.1 Å². The van der Waals surface area contributed by atoms with Crippen molar-refractivity contribution in [3.8, 4) is 5.69 Å². The largest absolute Gasteiger partial charge is 0.376 e. The van der Waals surface area contributed by atoms with Gasteiger partial charge in [-0.25, -0.2) is 4.68 Å². The van der Waals surface area contributed by atoms with E-state index in [9.17, 15) is 0 Å².